The molecule has 0 N–H and O–H groups in total. The van der Waals surface area contributed by atoms with Crippen LogP contribution in [0.4, 0.5) is 0 Å². The van der Waals surface area contributed by atoms with E-state index in [2.05, 4.69) is 49.4 Å². The lowest BCUT2D eigenvalue weighted by Gasteiger charge is -2.09. The van der Waals surface area contributed by atoms with Gasteiger partial charge in [0.1, 0.15) is 5.75 Å². The van der Waals surface area contributed by atoms with E-state index in [1.807, 2.05) is 0 Å². The van der Waals surface area contributed by atoms with E-state index in [4.69, 9.17) is 4.74 Å². The van der Waals surface area contributed by atoms with E-state index in [-0.39, 0.29) is 0 Å². The predicted molar refractivity (Wildman–Crippen MR) is 87.4 cm³/mol. The quantitative estimate of drug-likeness (QED) is 0.510. The molecule has 0 radical (unpaired) electrons. The van der Waals surface area contributed by atoms with Crippen molar-refractivity contribution in [3.63, 3.8) is 0 Å². The molecule has 1 nitrogen and oxygen atoms in total. The highest BCUT2D eigenvalue weighted by molar-refractivity contribution is 5.88. The molecule has 108 valence electrons. The van der Waals surface area contributed by atoms with Crippen LogP contribution in [-0.2, 0) is 0 Å². The molecule has 0 spiro atoms. The van der Waals surface area contributed by atoms with Crippen molar-refractivity contribution in [1.82, 2.24) is 0 Å². The summed E-state index contributed by atoms with van der Waals surface area (Å²) in [5.41, 5.74) is 0. The number of unbranched alkanes of at least 4 members (excludes halogenated alkanes) is 6. The fraction of sp³-hybridized carbons (Fsp3) is 0.474. The average Bonchev–Trinajstić information content (AvgIpc) is 2.50. The van der Waals surface area contributed by atoms with E-state index >= 15 is 0 Å². The summed E-state index contributed by atoms with van der Waals surface area (Å²) in [5, 5.41) is 2.47. The first kappa shape index (κ1) is 14.9. The molecule has 2 rings (SSSR count). The molecule has 0 heterocycles. The molecular weight excluding hydrogens is 244 g/mol. The fourth-order valence-corrected chi connectivity index (χ4v) is 2.56. The second-order valence-corrected chi connectivity index (χ2v) is 5.45. The van der Waals surface area contributed by atoms with Gasteiger partial charge in [0, 0.05) is 5.39 Å². The topological polar surface area (TPSA) is 9.23 Å². The van der Waals surface area contributed by atoms with Gasteiger partial charge in [-0.2, -0.15) is 0 Å². The van der Waals surface area contributed by atoms with Crippen molar-refractivity contribution < 1.29 is 4.74 Å². The molecule has 0 saturated carbocycles. The van der Waals surface area contributed by atoms with Gasteiger partial charge in [-0.15, -0.1) is 0 Å². The third-order valence-corrected chi connectivity index (χ3v) is 3.76. The second kappa shape index (κ2) is 8.63. The molecule has 0 saturated heterocycles. The van der Waals surface area contributed by atoms with E-state index in [1.165, 1.54) is 49.3 Å². The summed E-state index contributed by atoms with van der Waals surface area (Å²) in [7, 11) is 0. The van der Waals surface area contributed by atoms with Crippen LogP contribution in [0.25, 0.3) is 10.8 Å². The van der Waals surface area contributed by atoms with Crippen molar-refractivity contribution in [2.45, 2.75) is 51.9 Å². The van der Waals surface area contributed by atoms with Crippen LogP contribution >= 0.6 is 0 Å². The van der Waals surface area contributed by atoms with Gasteiger partial charge in [0.15, 0.2) is 0 Å². The minimum Gasteiger partial charge on any atom is -0.493 e. The Balaban J connectivity index is 1.71. The van der Waals surface area contributed by atoms with Crippen LogP contribution in [0.5, 0.6) is 5.75 Å². The van der Waals surface area contributed by atoms with Crippen molar-refractivity contribution in [3.05, 3.63) is 42.5 Å². The van der Waals surface area contributed by atoms with Crippen molar-refractivity contribution in [1.29, 1.82) is 0 Å². The molecule has 0 amide bonds. The summed E-state index contributed by atoms with van der Waals surface area (Å²) in [5.74, 6) is 1.02. The Kier molecular flexibility index (Phi) is 6.43. The smallest absolute Gasteiger partial charge is 0.127 e. The Morgan fingerprint density at radius 1 is 0.750 bits per heavy atom. The first-order valence-corrected chi connectivity index (χ1v) is 8.02. The van der Waals surface area contributed by atoms with Crippen LogP contribution in [0.2, 0.25) is 0 Å². The Hall–Kier alpha value is -1.50. The Labute approximate surface area is 123 Å². The van der Waals surface area contributed by atoms with Gasteiger partial charge in [-0.3, -0.25) is 0 Å². The number of hydrogen-bond donors (Lipinski definition) is 0. The Morgan fingerprint density at radius 3 is 2.30 bits per heavy atom. The third kappa shape index (κ3) is 4.56. The molecule has 0 aromatic heterocycles. The van der Waals surface area contributed by atoms with Gasteiger partial charge in [-0.1, -0.05) is 81.8 Å². The van der Waals surface area contributed by atoms with Gasteiger partial charge >= 0.3 is 0 Å². The maximum atomic E-state index is 5.95. The van der Waals surface area contributed by atoms with Gasteiger partial charge in [0.05, 0.1) is 6.61 Å². The van der Waals surface area contributed by atoms with Crippen LogP contribution in [0.3, 0.4) is 0 Å². The molecule has 20 heavy (non-hydrogen) atoms. The van der Waals surface area contributed by atoms with Crippen LogP contribution in [0.15, 0.2) is 42.5 Å². The zero-order valence-electron chi connectivity index (χ0n) is 12.6. The summed E-state index contributed by atoms with van der Waals surface area (Å²) in [4.78, 5) is 0. The molecule has 0 aliphatic heterocycles. The van der Waals surface area contributed by atoms with Crippen LogP contribution < -0.4 is 4.74 Å². The summed E-state index contributed by atoms with van der Waals surface area (Å²) >= 11 is 0. The Morgan fingerprint density at radius 2 is 1.45 bits per heavy atom. The summed E-state index contributed by atoms with van der Waals surface area (Å²) in [6.07, 6.45) is 9.27. The van der Waals surface area contributed by atoms with Crippen molar-refractivity contribution >= 4 is 10.8 Å². The maximum absolute atomic E-state index is 5.95. The molecule has 1 heteroatoms. The highest BCUT2D eigenvalue weighted by atomic mass is 16.5. The number of benzene rings is 2. The minimum absolute atomic E-state index is 0.835. The van der Waals surface area contributed by atoms with E-state index in [0.717, 1.165) is 18.8 Å². The normalized spacial score (nSPS) is 10.8. The van der Waals surface area contributed by atoms with Crippen LogP contribution in [0.1, 0.15) is 51.9 Å². The number of ether oxygens (including phenoxy) is 1. The SMILES string of the molecule is CCCCCCCCCOc1cccc2ccccc12. The summed E-state index contributed by atoms with van der Waals surface area (Å²) in [6.45, 7) is 3.10. The largest absolute Gasteiger partial charge is 0.493 e. The van der Waals surface area contributed by atoms with Gasteiger partial charge in [-0.25, -0.2) is 0 Å². The predicted octanol–water partition coefficient (Wildman–Crippen LogP) is 5.97. The van der Waals surface area contributed by atoms with Crippen molar-refractivity contribution in [2.75, 3.05) is 6.61 Å². The minimum atomic E-state index is 0.835. The van der Waals surface area contributed by atoms with Gasteiger partial charge in [0.2, 0.25) is 0 Å². The molecule has 0 atom stereocenters. The fourth-order valence-electron chi connectivity index (χ4n) is 2.56. The number of fused-ring (bicyclic) bond motifs is 1. The van der Waals surface area contributed by atoms with E-state index in [0.29, 0.717) is 0 Å². The molecule has 2 aromatic carbocycles. The van der Waals surface area contributed by atoms with Crippen LogP contribution in [0, 0.1) is 0 Å². The van der Waals surface area contributed by atoms with E-state index in [9.17, 15) is 0 Å². The lowest BCUT2D eigenvalue weighted by molar-refractivity contribution is 0.307. The zero-order chi connectivity index (χ0) is 14.0. The average molecular weight is 270 g/mol. The maximum Gasteiger partial charge on any atom is 0.127 e. The molecule has 2 aromatic rings. The standard InChI is InChI=1S/C19H26O/c1-2-3-4-5-6-7-10-16-20-19-15-11-13-17-12-8-9-14-18(17)19/h8-9,11-15H,2-7,10,16H2,1H3. The third-order valence-electron chi connectivity index (χ3n) is 3.76. The second-order valence-electron chi connectivity index (χ2n) is 5.45. The first-order valence-electron chi connectivity index (χ1n) is 8.02. The lowest BCUT2D eigenvalue weighted by Crippen LogP contribution is -1.97. The van der Waals surface area contributed by atoms with Gasteiger partial charge in [-0.05, 0) is 17.9 Å². The molecular formula is C19H26O. The zero-order valence-corrected chi connectivity index (χ0v) is 12.6. The summed E-state index contributed by atoms with van der Waals surface area (Å²) in [6, 6.07) is 14.7. The molecule has 0 bridgehead atoms. The monoisotopic (exact) mass is 270 g/mol. The van der Waals surface area contributed by atoms with Gasteiger partial charge < -0.3 is 4.74 Å². The van der Waals surface area contributed by atoms with E-state index in [1.54, 1.807) is 0 Å². The van der Waals surface area contributed by atoms with Crippen molar-refractivity contribution in [3.8, 4) is 5.75 Å². The highest BCUT2D eigenvalue weighted by Crippen LogP contribution is 2.25. The molecule has 0 aliphatic rings. The first-order chi connectivity index (χ1) is 9.92. The molecule has 0 unspecified atom stereocenters. The number of hydrogen-bond acceptors (Lipinski definition) is 1. The Bertz CT molecular complexity index is 499. The van der Waals surface area contributed by atoms with Crippen molar-refractivity contribution in [2.24, 2.45) is 0 Å². The highest BCUT2D eigenvalue weighted by Gasteiger charge is 2.00. The summed E-state index contributed by atoms with van der Waals surface area (Å²) < 4.78 is 5.95. The number of rotatable bonds is 9. The van der Waals surface area contributed by atoms with Crippen LogP contribution in [-0.4, -0.2) is 6.61 Å². The molecule has 0 aliphatic carbocycles. The molecule has 0 fully saturated rings. The lowest BCUT2D eigenvalue weighted by atomic mass is 10.1. The van der Waals surface area contributed by atoms with E-state index < -0.39 is 0 Å². The van der Waals surface area contributed by atoms with Gasteiger partial charge in [0.25, 0.3) is 0 Å².